The number of primary amides is 1. The minimum atomic E-state index is -0.509. The lowest BCUT2D eigenvalue weighted by Crippen LogP contribution is -2.61. The number of carbonyl (C=O) groups is 2. The van der Waals surface area contributed by atoms with Crippen molar-refractivity contribution >= 4 is 28.1 Å². The van der Waals surface area contributed by atoms with Gasteiger partial charge in [0.05, 0.1) is 18.3 Å². The molecule has 39 heavy (non-hydrogen) atoms. The first-order valence-corrected chi connectivity index (χ1v) is 14.4. The lowest BCUT2D eigenvalue weighted by molar-refractivity contribution is -0.136. The molecule has 2 amide bonds. The summed E-state index contributed by atoms with van der Waals surface area (Å²) in [6.07, 6.45) is 8.22. The van der Waals surface area contributed by atoms with Gasteiger partial charge in [-0.2, -0.15) is 5.10 Å². The predicted octanol–water partition coefficient (Wildman–Crippen LogP) is 3.41. The molecule has 0 saturated carbocycles. The number of benzene rings is 1. The summed E-state index contributed by atoms with van der Waals surface area (Å²) in [5, 5.41) is 5.44. The number of rotatable bonds is 5. The van der Waals surface area contributed by atoms with Gasteiger partial charge in [-0.05, 0) is 60.8 Å². The van der Waals surface area contributed by atoms with Gasteiger partial charge in [0, 0.05) is 44.0 Å². The van der Waals surface area contributed by atoms with E-state index in [-0.39, 0.29) is 11.6 Å². The Hall–Kier alpha value is -3.63. The fourth-order valence-corrected chi connectivity index (χ4v) is 7.40. The Morgan fingerprint density at radius 3 is 2.62 bits per heavy atom. The largest absolute Gasteiger partial charge is 0.364 e. The number of piperidine rings is 1. The number of aryl methyl sites for hydroxylation is 2. The molecule has 2 aliphatic heterocycles. The van der Waals surface area contributed by atoms with Gasteiger partial charge < -0.3 is 10.6 Å². The minimum Gasteiger partial charge on any atom is -0.364 e. The van der Waals surface area contributed by atoms with Crippen LogP contribution >= 0.6 is 11.3 Å². The van der Waals surface area contributed by atoms with Crippen LogP contribution in [0.1, 0.15) is 57.6 Å². The average Bonchev–Trinajstić information content (AvgIpc) is 3.61. The third-order valence-electron chi connectivity index (χ3n) is 8.82. The number of amides is 2. The highest BCUT2D eigenvalue weighted by atomic mass is 32.1. The Balaban J connectivity index is 0.954. The van der Waals surface area contributed by atoms with E-state index >= 15 is 0 Å². The van der Waals surface area contributed by atoms with E-state index in [1.54, 1.807) is 29.8 Å². The molecule has 10 heteroatoms. The molecule has 1 aromatic carbocycles. The maximum absolute atomic E-state index is 13.0. The van der Waals surface area contributed by atoms with Crippen molar-refractivity contribution < 1.29 is 9.59 Å². The van der Waals surface area contributed by atoms with Crippen molar-refractivity contribution in [3.05, 3.63) is 70.2 Å². The van der Waals surface area contributed by atoms with Crippen molar-refractivity contribution in [2.75, 3.05) is 26.2 Å². The molecule has 1 aliphatic carbocycles. The van der Waals surface area contributed by atoms with Gasteiger partial charge in [-0.15, -0.1) is 0 Å². The summed E-state index contributed by atoms with van der Waals surface area (Å²) in [6.45, 7) is 5.85. The number of aromatic nitrogens is 4. The molecule has 9 nitrogen and oxygen atoms in total. The normalized spacial score (nSPS) is 20.3. The lowest BCUT2D eigenvalue weighted by Gasteiger charge is -2.56. The molecule has 1 atom stereocenters. The fourth-order valence-electron chi connectivity index (χ4n) is 6.67. The summed E-state index contributed by atoms with van der Waals surface area (Å²) in [7, 11) is 0. The molecule has 2 saturated heterocycles. The molecule has 4 aromatic rings. The van der Waals surface area contributed by atoms with E-state index in [0.29, 0.717) is 17.9 Å². The Bertz CT molecular complexity index is 1570. The smallest absolute Gasteiger partial charge is 0.267 e. The van der Waals surface area contributed by atoms with Gasteiger partial charge in [0.25, 0.3) is 5.91 Å². The Morgan fingerprint density at radius 2 is 1.87 bits per heavy atom. The number of fused-ring (bicyclic) bond motifs is 2. The van der Waals surface area contributed by atoms with Gasteiger partial charge in [0.2, 0.25) is 10.9 Å². The quantitative estimate of drug-likeness (QED) is 0.415. The topological polar surface area (TPSA) is 110 Å². The van der Waals surface area contributed by atoms with Gasteiger partial charge >= 0.3 is 0 Å². The summed E-state index contributed by atoms with van der Waals surface area (Å²) in [5.74, 6) is -0.335. The monoisotopic (exact) mass is 541 g/mol. The van der Waals surface area contributed by atoms with E-state index in [1.807, 2.05) is 22.4 Å². The third kappa shape index (κ3) is 4.31. The van der Waals surface area contributed by atoms with Crippen LogP contribution in [0.4, 0.5) is 0 Å². The average molecular weight is 542 g/mol. The Kier molecular flexibility index (Phi) is 5.78. The first-order chi connectivity index (χ1) is 18.9. The molecule has 3 aromatic heterocycles. The van der Waals surface area contributed by atoms with Crippen molar-refractivity contribution in [3.8, 4) is 11.1 Å². The second kappa shape index (κ2) is 9.24. The van der Waals surface area contributed by atoms with Gasteiger partial charge in [0.1, 0.15) is 10.7 Å². The van der Waals surface area contributed by atoms with Gasteiger partial charge in [-0.1, -0.05) is 35.6 Å². The molecule has 1 unspecified atom stereocenters. The van der Waals surface area contributed by atoms with Crippen molar-refractivity contribution in [2.45, 2.75) is 45.1 Å². The highest BCUT2D eigenvalue weighted by Gasteiger charge is 2.48. The van der Waals surface area contributed by atoms with E-state index in [0.717, 1.165) is 78.7 Å². The molecule has 1 spiro atoms. The van der Waals surface area contributed by atoms with Gasteiger partial charge in [-0.25, -0.2) is 9.50 Å². The molecule has 0 bridgehead atoms. The summed E-state index contributed by atoms with van der Waals surface area (Å²) in [4.78, 5) is 38.5. The summed E-state index contributed by atoms with van der Waals surface area (Å²) in [6, 6.07) is 10.8. The van der Waals surface area contributed by atoms with Crippen molar-refractivity contribution in [1.82, 2.24) is 29.4 Å². The number of likely N-dealkylation sites (tertiary alicyclic amines) is 2. The van der Waals surface area contributed by atoms with Crippen LogP contribution in [0.25, 0.3) is 16.1 Å². The summed E-state index contributed by atoms with van der Waals surface area (Å²) >= 11 is 1.55. The maximum Gasteiger partial charge on any atom is 0.267 e. The number of imidazole rings is 1. The SMILES string of the molecule is Cc1nn2c(CC(=O)N3CCC4(CC3)CN(C3CCc5cc(-c6ccc(C(N)=O)nc6)ccc53)C4)cnc2s1. The highest BCUT2D eigenvalue weighted by Crippen LogP contribution is 2.48. The zero-order chi connectivity index (χ0) is 26.7. The van der Waals surface area contributed by atoms with Crippen LogP contribution in [0, 0.1) is 12.3 Å². The van der Waals surface area contributed by atoms with Gasteiger partial charge in [0.15, 0.2) is 0 Å². The number of nitrogens with zero attached hydrogens (tertiary/aromatic N) is 6. The minimum absolute atomic E-state index is 0.175. The second-order valence-electron chi connectivity index (χ2n) is 11.3. The van der Waals surface area contributed by atoms with E-state index in [9.17, 15) is 9.59 Å². The molecule has 5 heterocycles. The standard InChI is InChI=1S/C29H31N7O2S/c1-18-33-36-22(15-32-28(36)39-18)13-26(37)34-10-8-29(9-11-34)16-35(17-29)25-7-4-20-12-19(2-5-23(20)25)21-3-6-24(27(30)38)31-14-21/h2-3,5-6,12,14-15,25H,4,7-11,13,16-17H2,1H3,(H2,30,38). The molecule has 2 N–H and O–H groups in total. The number of nitrogens with two attached hydrogens (primary N) is 1. The molecular weight excluding hydrogens is 510 g/mol. The molecule has 2 fully saturated rings. The van der Waals surface area contributed by atoms with Crippen LogP contribution in [0.15, 0.2) is 42.7 Å². The van der Waals surface area contributed by atoms with E-state index < -0.39 is 5.91 Å². The number of carbonyl (C=O) groups excluding carboxylic acids is 2. The Morgan fingerprint density at radius 1 is 1.08 bits per heavy atom. The van der Waals surface area contributed by atoms with Gasteiger partial charge in [-0.3, -0.25) is 19.5 Å². The fraction of sp³-hybridized carbons (Fsp3) is 0.414. The van der Waals surface area contributed by atoms with E-state index in [2.05, 4.69) is 38.2 Å². The van der Waals surface area contributed by atoms with Crippen LogP contribution in [0.5, 0.6) is 0 Å². The Labute approximate surface area is 230 Å². The number of pyridine rings is 1. The second-order valence-corrected chi connectivity index (χ2v) is 12.5. The van der Waals surface area contributed by atoms with Crippen LogP contribution in [-0.2, 0) is 17.6 Å². The molecule has 0 radical (unpaired) electrons. The van der Waals surface area contributed by atoms with Crippen molar-refractivity contribution in [3.63, 3.8) is 0 Å². The molecule has 3 aliphatic rings. The third-order valence-corrected chi connectivity index (χ3v) is 9.66. The summed E-state index contributed by atoms with van der Waals surface area (Å²) in [5.41, 5.74) is 11.8. The van der Waals surface area contributed by atoms with Crippen molar-refractivity contribution in [1.29, 1.82) is 0 Å². The summed E-state index contributed by atoms with van der Waals surface area (Å²) < 4.78 is 1.81. The highest BCUT2D eigenvalue weighted by molar-refractivity contribution is 7.16. The lowest BCUT2D eigenvalue weighted by atomic mass is 9.71. The van der Waals surface area contributed by atoms with Crippen LogP contribution < -0.4 is 5.73 Å². The van der Waals surface area contributed by atoms with E-state index in [1.165, 1.54) is 11.1 Å². The van der Waals surface area contributed by atoms with Crippen molar-refractivity contribution in [2.24, 2.45) is 11.1 Å². The van der Waals surface area contributed by atoms with E-state index in [4.69, 9.17) is 5.73 Å². The van der Waals surface area contributed by atoms with Crippen LogP contribution in [0.2, 0.25) is 0 Å². The zero-order valence-electron chi connectivity index (χ0n) is 22.0. The molecule has 7 rings (SSSR count). The molecule has 200 valence electrons. The number of hydrogen-bond donors (Lipinski definition) is 1. The van der Waals surface area contributed by atoms with Crippen LogP contribution in [0.3, 0.4) is 0 Å². The molecular formula is C29H31N7O2S. The predicted molar refractivity (Wildman–Crippen MR) is 148 cm³/mol. The first-order valence-electron chi connectivity index (χ1n) is 13.6. The van der Waals surface area contributed by atoms with Crippen LogP contribution in [-0.4, -0.2) is 67.4 Å². The number of hydrogen-bond acceptors (Lipinski definition) is 7. The maximum atomic E-state index is 13.0. The first kappa shape index (κ1) is 24.4. The zero-order valence-corrected chi connectivity index (χ0v) is 22.8.